The maximum atomic E-state index is 12.7. The lowest BCUT2D eigenvalue weighted by atomic mass is 10.1. The molecular weight excluding hydrogens is 727 g/mol. The number of H-pyrrole nitrogens is 4. The first-order chi connectivity index (χ1) is 24.4. The summed E-state index contributed by atoms with van der Waals surface area (Å²) in [7, 11) is 0. The van der Waals surface area contributed by atoms with E-state index in [4.69, 9.17) is 34.8 Å². The number of rotatable bonds is 4. The first kappa shape index (κ1) is 33.4. The molecule has 0 amide bonds. The van der Waals surface area contributed by atoms with Crippen molar-refractivity contribution in [2.75, 3.05) is 0 Å². The average Bonchev–Trinajstić information content (AvgIpc) is 3.52. The first-order valence-electron chi connectivity index (χ1n) is 14.8. The van der Waals surface area contributed by atoms with Gasteiger partial charge in [0.05, 0.1) is 23.1 Å². The molecule has 14 nitrogen and oxygen atoms in total. The van der Waals surface area contributed by atoms with Crippen LogP contribution in [0.2, 0.25) is 15.1 Å². The Morgan fingerprint density at radius 3 is 1.18 bits per heavy atom. The zero-order chi connectivity index (χ0) is 36.3. The summed E-state index contributed by atoms with van der Waals surface area (Å²) < 4.78 is 1.74. The van der Waals surface area contributed by atoms with Gasteiger partial charge in [0.2, 0.25) is 21.7 Å². The predicted octanol–water partition coefficient (Wildman–Crippen LogP) is 2.72. The van der Waals surface area contributed by atoms with E-state index in [0.717, 1.165) is 9.13 Å². The largest absolute Gasteiger partial charge is 0.355 e. The molecular formula is C34H19Cl3N6O8. The fourth-order valence-electron chi connectivity index (χ4n) is 5.93. The van der Waals surface area contributed by atoms with Gasteiger partial charge in [0, 0.05) is 29.8 Å². The minimum atomic E-state index is -0.808. The topological polar surface area (TPSA) is 210 Å². The van der Waals surface area contributed by atoms with Crippen molar-refractivity contribution in [3.8, 4) is 0 Å². The third-order valence-corrected chi connectivity index (χ3v) is 9.26. The van der Waals surface area contributed by atoms with Crippen LogP contribution in [0.25, 0.3) is 43.6 Å². The van der Waals surface area contributed by atoms with Crippen LogP contribution in [0.15, 0.2) is 106 Å². The summed E-state index contributed by atoms with van der Waals surface area (Å²) >= 11 is 17.7. The highest BCUT2D eigenvalue weighted by atomic mass is 35.5. The molecule has 4 N–H and O–H groups in total. The molecule has 0 spiro atoms. The monoisotopic (exact) mass is 744 g/mol. The fourth-order valence-corrected chi connectivity index (χ4v) is 6.46. The van der Waals surface area contributed by atoms with E-state index in [1.807, 2.05) is 0 Å². The summed E-state index contributed by atoms with van der Waals surface area (Å²) in [5.41, 5.74) is -4.90. The molecule has 0 saturated carbocycles. The number of halogens is 3. The minimum absolute atomic E-state index is 0.0306. The Morgan fingerprint density at radius 1 is 0.451 bits per heavy atom. The van der Waals surface area contributed by atoms with Crippen molar-refractivity contribution in [1.82, 2.24) is 29.1 Å². The van der Waals surface area contributed by atoms with Gasteiger partial charge < -0.3 is 19.9 Å². The second-order valence-electron chi connectivity index (χ2n) is 11.3. The highest BCUT2D eigenvalue weighted by Crippen LogP contribution is 2.23. The fraction of sp³-hybridized carbons (Fsp3) is 0.0588. The van der Waals surface area contributed by atoms with Crippen molar-refractivity contribution in [3.63, 3.8) is 0 Å². The van der Waals surface area contributed by atoms with Gasteiger partial charge in [-0.2, -0.15) is 0 Å². The Morgan fingerprint density at radius 2 is 0.824 bits per heavy atom. The second-order valence-corrected chi connectivity index (χ2v) is 12.6. The third kappa shape index (κ3) is 5.45. The summed E-state index contributed by atoms with van der Waals surface area (Å²) in [5.74, 6) is 0. The van der Waals surface area contributed by atoms with Crippen LogP contribution < -0.4 is 44.0 Å². The Bertz CT molecular complexity index is 3060. The van der Waals surface area contributed by atoms with Gasteiger partial charge in [0.15, 0.2) is 0 Å². The van der Waals surface area contributed by atoms with Gasteiger partial charge in [-0.15, -0.1) is 0 Å². The van der Waals surface area contributed by atoms with Gasteiger partial charge in [0.25, 0.3) is 22.2 Å². The number of nitrogens with one attached hydrogen (secondary N) is 4. The average molecular weight is 746 g/mol. The third-order valence-electron chi connectivity index (χ3n) is 8.28. The van der Waals surface area contributed by atoms with Crippen LogP contribution in [-0.4, -0.2) is 29.1 Å². The molecule has 4 aromatic carbocycles. The molecule has 0 aliphatic rings. The Labute approximate surface area is 295 Å². The van der Waals surface area contributed by atoms with Gasteiger partial charge >= 0.3 is 0 Å². The van der Waals surface area contributed by atoms with E-state index in [-0.39, 0.29) is 51.0 Å². The quantitative estimate of drug-likeness (QED) is 0.210. The predicted molar refractivity (Wildman–Crippen MR) is 195 cm³/mol. The van der Waals surface area contributed by atoms with Crippen molar-refractivity contribution in [3.05, 3.63) is 176 Å². The van der Waals surface area contributed by atoms with Gasteiger partial charge in [-0.1, -0.05) is 53.0 Å². The van der Waals surface area contributed by atoms with Crippen molar-refractivity contribution in [2.45, 2.75) is 13.1 Å². The Balaban J connectivity index is 0.000000159. The van der Waals surface area contributed by atoms with E-state index in [1.165, 1.54) is 36.9 Å². The van der Waals surface area contributed by atoms with Crippen LogP contribution in [0.5, 0.6) is 0 Å². The lowest BCUT2D eigenvalue weighted by Gasteiger charge is -2.03. The number of hydrogen-bond acceptors (Lipinski definition) is 8. The van der Waals surface area contributed by atoms with E-state index in [2.05, 4.69) is 19.9 Å². The molecule has 51 heavy (non-hydrogen) atoms. The van der Waals surface area contributed by atoms with Crippen LogP contribution in [-0.2, 0) is 13.1 Å². The van der Waals surface area contributed by atoms with Gasteiger partial charge in [-0.05, 0) is 35.4 Å². The maximum absolute atomic E-state index is 12.7. The van der Waals surface area contributed by atoms with Gasteiger partial charge in [-0.25, -0.2) is 0 Å². The second kappa shape index (κ2) is 12.7. The number of nitrogens with zero attached hydrogens (tertiary/aromatic N) is 2. The van der Waals surface area contributed by atoms with Crippen molar-refractivity contribution in [2.24, 2.45) is 0 Å². The summed E-state index contributed by atoms with van der Waals surface area (Å²) in [5, 5.41) is -0.547. The van der Waals surface area contributed by atoms with E-state index in [0.29, 0.717) is 21.2 Å². The van der Waals surface area contributed by atoms with Crippen LogP contribution in [0.3, 0.4) is 0 Å². The summed E-state index contributed by atoms with van der Waals surface area (Å²) in [6.45, 7) is -0.207. The molecule has 0 aliphatic carbocycles. The van der Waals surface area contributed by atoms with Crippen LogP contribution in [0, 0.1) is 0 Å². The molecule has 0 fully saturated rings. The van der Waals surface area contributed by atoms with Crippen LogP contribution >= 0.6 is 34.8 Å². The molecule has 254 valence electrons. The number of hydrogen-bond donors (Lipinski definition) is 4. The molecule has 0 saturated heterocycles. The molecule has 17 heteroatoms. The van der Waals surface area contributed by atoms with Crippen molar-refractivity contribution in [1.29, 1.82) is 0 Å². The molecule has 4 aromatic heterocycles. The Hall–Kier alpha value is -6.09. The van der Waals surface area contributed by atoms with Crippen LogP contribution in [0.4, 0.5) is 0 Å². The molecule has 0 bridgehead atoms. The van der Waals surface area contributed by atoms with Gasteiger partial charge in [0.1, 0.15) is 43.6 Å². The Kier molecular flexibility index (Phi) is 8.29. The molecule has 0 atom stereocenters. The molecule has 0 radical (unpaired) electrons. The zero-order valence-electron chi connectivity index (χ0n) is 25.6. The highest BCUT2D eigenvalue weighted by Gasteiger charge is 2.24. The van der Waals surface area contributed by atoms with Gasteiger partial charge in [-0.3, -0.25) is 47.5 Å². The SMILES string of the molecule is O=c1c2[nH]cc[nH]c2c(=O)c2c(=O)n(Cc3ccc(Cl)c(Cl)c3)c(=O)c12.O=c1c2[nH]cc[nH]c2c(=O)c2c(=O)n(Cc3cccc(Cl)c3)c(=O)c12. The number of aromatic nitrogens is 6. The first-order valence-corrected chi connectivity index (χ1v) is 15.9. The number of fused-ring (bicyclic) bond motifs is 4. The molecule has 8 rings (SSSR count). The minimum Gasteiger partial charge on any atom is -0.355 e. The van der Waals surface area contributed by atoms with Crippen LogP contribution in [0.1, 0.15) is 11.1 Å². The lowest BCUT2D eigenvalue weighted by Crippen LogP contribution is -2.27. The molecule has 0 unspecified atom stereocenters. The van der Waals surface area contributed by atoms with E-state index in [1.54, 1.807) is 30.3 Å². The molecule has 4 heterocycles. The normalized spacial score (nSPS) is 11.4. The van der Waals surface area contributed by atoms with E-state index < -0.39 is 54.7 Å². The number of benzene rings is 4. The molecule has 0 aliphatic heterocycles. The highest BCUT2D eigenvalue weighted by molar-refractivity contribution is 6.42. The van der Waals surface area contributed by atoms with E-state index >= 15 is 0 Å². The van der Waals surface area contributed by atoms with E-state index in [9.17, 15) is 38.4 Å². The van der Waals surface area contributed by atoms with Crippen molar-refractivity contribution >= 4 is 78.4 Å². The summed E-state index contributed by atoms with van der Waals surface area (Å²) in [6.07, 6.45) is 5.70. The summed E-state index contributed by atoms with van der Waals surface area (Å²) in [4.78, 5) is 112. The smallest absolute Gasteiger partial charge is 0.266 e. The molecule has 8 aromatic rings. The summed E-state index contributed by atoms with van der Waals surface area (Å²) in [6, 6.07) is 11.3. The van der Waals surface area contributed by atoms with Crippen molar-refractivity contribution < 1.29 is 0 Å². The standard InChI is InChI=1S/C17H9Cl2N3O4.C17H10ClN3O4/c18-8-2-1-7(5-9(8)19)6-22-16(25)10-11(17(22)26)15(24)13-12(14(10)23)20-3-4-21-13;18-9-3-1-2-8(6-9)7-21-16(24)10-11(17(21)25)15(23)13-12(14(10)22)19-4-5-20-13/h1-5,20-21H,6H2;1-6,19-20H,7H2. The number of aromatic amines is 4. The zero-order valence-corrected chi connectivity index (χ0v) is 27.8. The maximum Gasteiger partial charge on any atom is 0.266 e. The lowest BCUT2D eigenvalue weighted by molar-refractivity contribution is 0.754.